The first-order valence-electron chi connectivity index (χ1n) is 9.47. The van der Waals surface area contributed by atoms with Crippen LogP contribution in [0.4, 0.5) is 0 Å². The third-order valence-electron chi connectivity index (χ3n) is 5.67. The van der Waals surface area contributed by atoms with Crippen LogP contribution in [-0.2, 0) is 19.1 Å². The Morgan fingerprint density at radius 3 is 2.67 bits per heavy atom. The summed E-state index contributed by atoms with van der Waals surface area (Å²) in [4.78, 5) is 26.9. The van der Waals surface area contributed by atoms with Crippen LogP contribution in [0.3, 0.4) is 0 Å². The average Bonchev–Trinajstić information content (AvgIpc) is 3.20. The van der Waals surface area contributed by atoms with E-state index in [0.717, 1.165) is 18.7 Å². The lowest BCUT2D eigenvalue weighted by molar-refractivity contribution is -0.191. The van der Waals surface area contributed by atoms with Crippen LogP contribution >= 0.6 is 0 Å². The summed E-state index contributed by atoms with van der Waals surface area (Å²) in [7, 11) is 0. The highest BCUT2D eigenvalue weighted by atomic mass is 16.6. The van der Waals surface area contributed by atoms with Gasteiger partial charge in [0.1, 0.15) is 12.7 Å². The van der Waals surface area contributed by atoms with Crippen LogP contribution in [-0.4, -0.2) is 70.6 Å². The lowest BCUT2D eigenvalue weighted by Crippen LogP contribution is -2.55. The zero-order valence-electron chi connectivity index (χ0n) is 16.8. The summed E-state index contributed by atoms with van der Waals surface area (Å²) in [6.07, 6.45) is 2.72. The maximum absolute atomic E-state index is 12.7. The molecule has 0 radical (unpaired) electrons. The fraction of sp³-hybridized carbons (Fsp3) is 0.700. The number of nitrogens with zero attached hydrogens (tertiary/aromatic N) is 1. The first kappa shape index (κ1) is 21.6. The molecule has 0 saturated carbocycles. The van der Waals surface area contributed by atoms with Crippen molar-refractivity contribution < 1.29 is 29.3 Å². The minimum Gasteiger partial charge on any atom is -0.459 e. The lowest BCUT2D eigenvalue weighted by atomic mass is 9.85. The standard InChI is InChI=1S/C20H31NO6/c1-6-13(4)18(23)27-14(5)20(25,12(2)3)19(24)26-11-15-7-9-21-10-8-16(22)17(15)21/h6-7,12,14,16-17,22,25H,8-11H2,1-5H3/b13-6+. The Morgan fingerprint density at radius 2 is 2.07 bits per heavy atom. The molecule has 0 aromatic heterocycles. The second kappa shape index (κ2) is 8.54. The van der Waals surface area contributed by atoms with Gasteiger partial charge in [-0.05, 0) is 38.7 Å². The number of carbonyl (C=O) groups excluding carboxylic acids is 2. The molecule has 0 bridgehead atoms. The van der Waals surface area contributed by atoms with Gasteiger partial charge in [-0.15, -0.1) is 0 Å². The fourth-order valence-corrected chi connectivity index (χ4v) is 3.62. The maximum Gasteiger partial charge on any atom is 0.342 e. The highest BCUT2D eigenvalue weighted by Gasteiger charge is 2.49. The second-order valence-electron chi connectivity index (χ2n) is 7.65. The molecule has 0 spiro atoms. The van der Waals surface area contributed by atoms with Gasteiger partial charge in [-0.2, -0.15) is 0 Å². The summed E-state index contributed by atoms with van der Waals surface area (Å²) in [5.41, 5.74) is -0.724. The second-order valence-corrected chi connectivity index (χ2v) is 7.65. The van der Waals surface area contributed by atoms with E-state index in [4.69, 9.17) is 9.47 Å². The van der Waals surface area contributed by atoms with Gasteiger partial charge in [0, 0.05) is 18.7 Å². The molecule has 152 valence electrons. The number of aliphatic hydroxyl groups excluding tert-OH is 1. The Hall–Kier alpha value is -1.70. The van der Waals surface area contributed by atoms with Crippen LogP contribution in [0.5, 0.6) is 0 Å². The van der Waals surface area contributed by atoms with Crippen molar-refractivity contribution in [2.75, 3.05) is 19.7 Å². The van der Waals surface area contributed by atoms with Crippen LogP contribution in [0.25, 0.3) is 0 Å². The van der Waals surface area contributed by atoms with E-state index in [0.29, 0.717) is 12.0 Å². The van der Waals surface area contributed by atoms with Crippen LogP contribution in [0.15, 0.2) is 23.3 Å². The summed E-state index contributed by atoms with van der Waals surface area (Å²) in [6, 6.07) is -0.127. The van der Waals surface area contributed by atoms with Gasteiger partial charge < -0.3 is 19.7 Å². The summed E-state index contributed by atoms with van der Waals surface area (Å²) in [5.74, 6) is -1.94. The molecule has 2 N–H and O–H groups in total. The quantitative estimate of drug-likeness (QED) is 0.388. The number of aliphatic hydroxyl groups is 2. The number of fused-ring (bicyclic) bond motifs is 1. The minimum atomic E-state index is -1.96. The molecule has 4 unspecified atom stereocenters. The molecule has 0 aromatic rings. The molecule has 0 aliphatic carbocycles. The van der Waals surface area contributed by atoms with Gasteiger partial charge in [-0.1, -0.05) is 26.0 Å². The average molecular weight is 381 g/mol. The van der Waals surface area contributed by atoms with Gasteiger partial charge in [0.25, 0.3) is 0 Å². The first-order valence-corrected chi connectivity index (χ1v) is 9.47. The topological polar surface area (TPSA) is 96.3 Å². The van der Waals surface area contributed by atoms with Crippen molar-refractivity contribution in [3.63, 3.8) is 0 Å². The Bertz CT molecular complexity index is 640. The molecule has 4 atom stereocenters. The molecule has 2 heterocycles. The Labute approximate surface area is 160 Å². The van der Waals surface area contributed by atoms with E-state index in [1.807, 2.05) is 6.08 Å². The predicted octanol–water partition coefficient (Wildman–Crippen LogP) is 1.19. The van der Waals surface area contributed by atoms with E-state index in [-0.39, 0.29) is 12.6 Å². The molecule has 7 heteroatoms. The van der Waals surface area contributed by atoms with E-state index in [1.54, 1.807) is 33.8 Å². The third-order valence-corrected chi connectivity index (χ3v) is 5.67. The van der Waals surface area contributed by atoms with Gasteiger partial charge in [0.2, 0.25) is 5.60 Å². The molecule has 27 heavy (non-hydrogen) atoms. The number of rotatable bonds is 7. The van der Waals surface area contributed by atoms with Crippen molar-refractivity contribution in [3.8, 4) is 0 Å². The Morgan fingerprint density at radius 1 is 1.41 bits per heavy atom. The van der Waals surface area contributed by atoms with Gasteiger partial charge in [-0.25, -0.2) is 9.59 Å². The van der Waals surface area contributed by atoms with E-state index in [1.165, 1.54) is 6.92 Å². The Balaban J connectivity index is 2.04. The smallest absolute Gasteiger partial charge is 0.342 e. The van der Waals surface area contributed by atoms with Gasteiger partial charge in [-0.3, -0.25) is 4.90 Å². The summed E-state index contributed by atoms with van der Waals surface area (Å²) < 4.78 is 10.7. The number of hydrogen-bond acceptors (Lipinski definition) is 7. The maximum atomic E-state index is 12.7. The SMILES string of the molecule is C/C=C(\C)C(=O)OC(C)C(O)(C(=O)OCC1=CCN2CCC(O)C12)C(C)C. The van der Waals surface area contributed by atoms with E-state index >= 15 is 0 Å². The zero-order valence-corrected chi connectivity index (χ0v) is 16.8. The van der Waals surface area contributed by atoms with Crippen molar-refractivity contribution in [2.45, 2.75) is 64.9 Å². The lowest BCUT2D eigenvalue weighted by Gasteiger charge is -2.34. The number of allylic oxidation sites excluding steroid dienone is 1. The number of hydrogen-bond donors (Lipinski definition) is 2. The van der Waals surface area contributed by atoms with E-state index in [2.05, 4.69) is 4.90 Å². The molecule has 2 aliphatic heterocycles. The molecule has 1 fully saturated rings. The fourth-order valence-electron chi connectivity index (χ4n) is 3.62. The minimum absolute atomic E-state index is 0.000642. The molecule has 0 amide bonds. The van der Waals surface area contributed by atoms with Crippen molar-refractivity contribution in [1.29, 1.82) is 0 Å². The summed E-state index contributed by atoms with van der Waals surface area (Å²) in [5, 5.41) is 21.1. The van der Waals surface area contributed by atoms with Crippen molar-refractivity contribution >= 4 is 11.9 Å². The monoisotopic (exact) mass is 381 g/mol. The number of esters is 2. The van der Waals surface area contributed by atoms with Gasteiger partial charge in [0.05, 0.1) is 12.1 Å². The largest absolute Gasteiger partial charge is 0.459 e. The van der Waals surface area contributed by atoms with Crippen LogP contribution in [0.1, 0.15) is 41.0 Å². The highest BCUT2D eigenvalue weighted by Crippen LogP contribution is 2.31. The van der Waals surface area contributed by atoms with Crippen molar-refractivity contribution in [3.05, 3.63) is 23.3 Å². The molecule has 1 saturated heterocycles. The highest BCUT2D eigenvalue weighted by molar-refractivity contribution is 5.88. The summed E-state index contributed by atoms with van der Waals surface area (Å²) >= 11 is 0. The first-order chi connectivity index (χ1) is 12.6. The number of carbonyl (C=O) groups is 2. The van der Waals surface area contributed by atoms with Crippen molar-refractivity contribution in [1.82, 2.24) is 4.90 Å². The van der Waals surface area contributed by atoms with E-state index in [9.17, 15) is 19.8 Å². The normalized spacial score (nSPS) is 26.4. The van der Waals surface area contributed by atoms with Crippen molar-refractivity contribution in [2.24, 2.45) is 5.92 Å². The molecule has 2 aliphatic rings. The van der Waals surface area contributed by atoms with Crippen LogP contribution in [0, 0.1) is 5.92 Å². The zero-order chi connectivity index (χ0) is 20.4. The number of ether oxygens (including phenoxy) is 2. The van der Waals surface area contributed by atoms with Crippen LogP contribution in [0.2, 0.25) is 0 Å². The van der Waals surface area contributed by atoms with Gasteiger partial charge >= 0.3 is 11.9 Å². The predicted molar refractivity (Wildman–Crippen MR) is 99.8 cm³/mol. The molecular weight excluding hydrogens is 350 g/mol. The molecule has 7 nitrogen and oxygen atoms in total. The van der Waals surface area contributed by atoms with Gasteiger partial charge in [0.15, 0.2) is 0 Å². The van der Waals surface area contributed by atoms with Crippen LogP contribution < -0.4 is 0 Å². The summed E-state index contributed by atoms with van der Waals surface area (Å²) in [6.45, 7) is 9.68. The Kier molecular flexibility index (Phi) is 6.83. The molecule has 2 rings (SSSR count). The van der Waals surface area contributed by atoms with E-state index < -0.39 is 35.7 Å². The molecule has 0 aromatic carbocycles. The molecular formula is C20H31NO6. The third kappa shape index (κ3) is 4.25.